The molecule has 10 heavy (non-hydrogen) atoms. The molecule has 0 fully saturated rings. The average Bonchev–Trinajstić information content (AvgIpc) is 2.34. The molecule has 1 aromatic heterocycles. The Hall–Kier alpha value is -0.670. The van der Waals surface area contributed by atoms with Gasteiger partial charge < -0.3 is 5.73 Å². The molecule has 0 aromatic carbocycles. The Bertz CT molecular complexity index is 231. The van der Waals surface area contributed by atoms with E-state index in [0.29, 0.717) is 4.88 Å². The van der Waals surface area contributed by atoms with Crippen LogP contribution in [0.4, 0.5) is 4.39 Å². The molecule has 54 valence electrons. The normalized spacial score (nSPS) is 13.0. The summed E-state index contributed by atoms with van der Waals surface area (Å²) in [7, 11) is 0. The van der Waals surface area contributed by atoms with E-state index in [1.54, 1.807) is 5.38 Å². The highest BCUT2D eigenvalue weighted by atomic mass is 32.1. The molecule has 0 aliphatic carbocycles. The van der Waals surface area contributed by atoms with E-state index < -0.39 is 0 Å². The maximum atomic E-state index is 12.7. The van der Waals surface area contributed by atoms with E-state index in [0.717, 1.165) is 0 Å². The lowest BCUT2D eigenvalue weighted by Gasteiger charge is -2.00. The van der Waals surface area contributed by atoms with Gasteiger partial charge in [-0.05, 0) is 11.4 Å². The van der Waals surface area contributed by atoms with Crippen molar-refractivity contribution >= 4 is 11.3 Å². The number of halogens is 1. The standard InChI is InChI=1S/C7H8FNS/c1-2-6(9)7-5(8)3-4-10-7/h2-4,6H,1,9H2/t6-/m0/s1. The zero-order chi connectivity index (χ0) is 7.56. The van der Waals surface area contributed by atoms with Crippen molar-refractivity contribution in [1.82, 2.24) is 0 Å². The van der Waals surface area contributed by atoms with Gasteiger partial charge in [0.2, 0.25) is 0 Å². The molecular formula is C7H8FNS. The molecule has 1 atom stereocenters. The Morgan fingerprint density at radius 3 is 2.90 bits per heavy atom. The average molecular weight is 157 g/mol. The first-order chi connectivity index (χ1) is 4.75. The topological polar surface area (TPSA) is 26.0 Å². The van der Waals surface area contributed by atoms with E-state index in [-0.39, 0.29) is 11.9 Å². The van der Waals surface area contributed by atoms with Crippen molar-refractivity contribution in [3.05, 3.63) is 34.8 Å². The monoisotopic (exact) mass is 157 g/mol. The molecule has 0 saturated heterocycles. The minimum atomic E-state index is -0.361. The molecule has 2 N–H and O–H groups in total. The summed E-state index contributed by atoms with van der Waals surface area (Å²) in [5.41, 5.74) is 5.49. The van der Waals surface area contributed by atoms with Crippen LogP contribution in [0.1, 0.15) is 10.9 Å². The Labute approximate surface area is 63.0 Å². The fraction of sp³-hybridized carbons (Fsp3) is 0.143. The number of hydrogen-bond donors (Lipinski definition) is 1. The van der Waals surface area contributed by atoms with E-state index in [9.17, 15) is 4.39 Å². The third-order valence-electron chi connectivity index (χ3n) is 1.20. The van der Waals surface area contributed by atoms with Crippen LogP contribution < -0.4 is 5.73 Å². The summed E-state index contributed by atoms with van der Waals surface area (Å²) in [5.74, 6) is -0.239. The molecule has 3 heteroatoms. The van der Waals surface area contributed by atoms with Crippen molar-refractivity contribution < 1.29 is 4.39 Å². The van der Waals surface area contributed by atoms with Gasteiger partial charge in [0.05, 0.1) is 10.9 Å². The molecule has 1 nitrogen and oxygen atoms in total. The second-order valence-corrected chi connectivity index (χ2v) is 2.84. The van der Waals surface area contributed by atoms with E-state index in [2.05, 4.69) is 6.58 Å². The highest BCUT2D eigenvalue weighted by Gasteiger charge is 2.07. The lowest BCUT2D eigenvalue weighted by molar-refractivity contribution is 0.612. The Balaban J connectivity index is 2.92. The van der Waals surface area contributed by atoms with Crippen LogP contribution >= 0.6 is 11.3 Å². The zero-order valence-corrected chi connectivity index (χ0v) is 6.20. The van der Waals surface area contributed by atoms with Gasteiger partial charge in [0.25, 0.3) is 0 Å². The van der Waals surface area contributed by atoms with Gasteiger partial charge in [-0.2, -0.15) is 0 Å². The zero-order valence-electron chi connectivity index (χ0n) is 5.38. The summed E-state index contributed by atoms with van der Waals surface area (Å²) >= 11 is 1.31. The summed E-state index contributed by atoms with van der Waals surface area (Å²) in [6.07, 6.45) is 1.52. The maximum Gasteiger partial charge on any atom is 0.139 e. The summed E-state index contributed by atoms with van der Waals surface area (Å²) in [5, 5.41) is 1.67. The van der Waals surface area contributed by atoms with Crippen LogP contribution in [0, 0.1) is 5.82 Å². The minimum absolute atomic E-state index is 0.239. The second kappa shape index (κ2) is 2.94. The second-order valence-electron chi connectivity index (χ2n) is 1.89. The molecule has 0 aliphatic rings. The van der Waals surface area contributed by atoms with Crippen molar-refractivity contribution in [3.63, 3.8) is 0 Å². The number of hydrogen-bond acceptors (Lipinski definition) is 2. The SMILES string of the molecule is C=C[C@H](N)c1sccc1F. The van der Waals surface area contributed by atoms with Crippen LogP contribution in [0.2, 0.25) is 0 Å². The fourth-order valence-corrected chi connectivity index (χ4v) is 1.42. The Morgan fingerprint density at radius 1 is 1.80 bits per heavy atom. The highest BCUT2D eigenvalue weighted by molar-refractivity contribution is 7.10. The molecule has 1 rings (SSSR count). The fourth-order valence-electron chi connectivity index (χ4n) is 0.650. The smallest absolute Gasteiger partial charge is 0.139 e. The third kappa shape index (κ3) is 1.25. The van der Waals surface area contributed by atoms with Crippen molar-refractivity contribution in [1.29, 1.82) is 0 Å². The molecule has 1 heterocycles. The predicted molar refractivity (Wildman–Crippen MR) is 41.4 cm³/mol. The summed E-state index contributed by atoms with van der Waals surface area (Å²) in [4.78, 5) is 0.551. The number of rotatable bonds is 2. The largest absolute Gasteiger partial charge is 0.320 e. The Kier molecular flexibility index (Phi) is 2.19. The molecule has 0 saturated carbocycles. The first-order valence-electron chi connectivity index (χ1n) is 2.86. The van der Waals surface area contributed by atoms with Gasteiger partial charge in [-0.15, -0.1) is 17.9 Å². The van der Waals surface area contributed by atoms with Gasteiger partial charge in [-0.1, -0.05) is 6.08 Å². The van der Waals surface area contributed by atoms with Crippen molar-refractivity contribution in [2.75, 3.05) is 0 Å². The molecule has 0 unspecified atom stereocenters. The first kappa shape index (κ1) is 7.44. The molecule has 0 spiro atoms. The van der Waals surface area contributed by atoms with Crippen LogP contribution in [0.25, 0.3) is 0 Å². The number of thiophene rings is 1. The minimum Gasteiger partial charge on any atom is -0.320 e. The number of nitrogens with two attached hydrogens (primary N) is 1. The van der Waals surface area contributed by atoms with E-state index in [1.807, 2.05) is 0 Å². The maximum absolute atomic E-state index is 12.7. The molecular weight excluding hydrogens is 149 g/mol. The van der Waals surface area contributed by atoms with Gasteiger partial charge in [0.15, 0.2) is 0 Å². The van der Waals surface area contributed by atoms with Crippen LogP contribution in [0.15, 0.2) is 24.1 Å². The molecule has 0 bridgehead atoms. The van der Waals surface area contributed by atoms with Gasteiger partial charge >= 0.3 is 0 Å². The van der Waals surface area contributed by atoms with Crippen molar-refractivity contribution in [2.24, 2.45) is 5.73 Å². The van der Waals surface area contributed by atoms with Crippen LogP contribution in [-0.2, 0) is 0 Å². The summed E-state index contributed by atoms with van der Waals surface area (Å²) in [6.45, 7) is 3.47. The molecule has 0 radical (unpaired) electrons. The lowest BCUT2D eigenvalue weighted by atomic mass is 10.2. The quantitative estimate of drug-likeness (QED) is 0.653. The van der Waals surface area contributed by atoms with Gasteiger partial charge in [0.1, 0.15) is 5.82 Å². The van der Waals surface area contributed by atoms with Gasteiger partial charge in [0, 0.05) is 0 Å². The van der Waals surface area contributed by atoms with Crippen molar-refractivity contribution in [3.8, 4) is 0 Å². The molecule has 1 aromatic rings. The Morgan fingerprint density at radius 2 is 2.50 bits per heavy atom. The molecule has 0 amide bonds. The van der Waals surface area contributed by atoms with Gasteiger partial charge in [-0.25, -0.2) is 4.39 Å². The molecule has 0 aliphatic heterocycles. The van der Waals surface area contributed by atoms with E-state index in [4.69, 9.17) is 5.73 Å². The first-order valence-corrected chi connectivity index (χ1v) is 3.74. The van der Waals surface area contributed by atoms with Crippen LogP contribution in [0.3, 0.4) is 0 Å². The van der Waals surface area contributed by atoms with Gasteiger partial charge in [-0.3, -0.25) is 0 Å². The summed E-state index contributed by atoms with van der Waals surface area (Å²) < 4.78 is 12.7. The van der Waals surface area contributed by atoms with Crippen LogP contribution in [0.5, 0.6) is 0 Å². The lowest BCUT2D eigenvalue weighted by Crippen LogP contribution is -2.05. The van der Waals surface area contributed by atoms with Crippen molar-refractivity contribution in [2.45, 2.75) is 6.04 Å². The third-order valence-corrected chi connectivity index (χ3v) is 2.19. The van der Waals surface area contributed by atoms with Crippen LogP contribution in [-0.4, -0.2) is 0 Å². The highest BCUT2D eigenvalue weighted by Crippen LogP contribution is 2.21. The van der Waals surface area contributed by atoms with E-state index >= 15 is 0 Å². The van der Waals surface area contributed by atoms with E-state index in [1.165, 1.54) is 23.5 Å². The predicted octanol–water partition coefficient (Wildman–Crippen LogP) is 2.07. The summed E-state index contributed by atoms with van der Waals surface area (Å²) in [6, 6.07) is 1.04.